The molecule has 0 radical (unpaired) electrons. The number of carbonyl (C=O) groups is 2. The summed E-state index contributed by atoms with van der Waals surface area (Å²) in [5.41, 5.74) is 1.63. The number of Topliss-reactive ketones (excluding diaryl/α,β-unsaturated/α-hetero) is 1. The number of aryl methyl sites for hydroxylation is 1. The summed E-state index contributed by atoms with van der Waals surface area (Å²) in [7, 11) is 0. The number of amides is 1. The lowest BCUT2D eigenvalue weighted by Gasteiger charge is -2.17. The first kappa shape index (κ1) is 13.4. The second-order valence-electron chi connectivity index (χ2n) is 3.40. The summed E-state index contributed by atoms with van der Waals surface area (Å²) in [6.45, 7) is 3.22. The van der Waals surface area contributed by atoms with E-state index in [4.69, 9.17) is 0 Å². The van der Waals surface area contributed by atoms with Crippen molar-refractivity contribution in [2.75, 3.05) is 5.32 Å². The third-order valence-corrected chi connectivity index (χ3v) is 3.96. The Morgan fingerprint density at radius 3 is 2.31 bits per heavy atom. The highest BCUT2D eigenvalue weighted by molar-refractivity contribution is 9.26. The van der Waals surface area contributed by atoms with E-state index in [0.29, 0.717) is 5.69 Å². The van der Waals surface area contributed by atoms with Crippen LogP contribution in [0.15, 0.2) is 24.3 Å². The van der Waals surface area contributed by atoms with Crippen LogP contribution >= 0.6 is 31.9 Å². The summed E-state index contributed by atoms with van der Waals surface area (Å²) in [5, 5.41) is 2.68. The molecule has 16 heavy (non-hydrogen) atoms. The van der Waals surface area contributed by atoms with E-state index >= 15 is 0 Å². The standard InChI is InChI=1S/C11H11Br2NO2/c1-7-5-3-4-6-9(7)14-10(16)11(12,13)8(2)15/h3-6H,1-2H3,(H,14,16). The lowest BCUT2D eigenvalue weighted by molar-refractivity contribution is -0.124. The smallest absolute Gasteiger partial charge is 0.259 e. The molecule has 1 rings (SSSR count). The molecule has 0 spiro atoms. The van der Waals surface area contributed by atoms with Crippen LogP contribution in [0.5, 0.6) is 0 Å². The summed E-state index contributed by atoms with van der Waals surface area (Å²) in [6, 6.07) is 7.36. The number of alkyl halides is 2. The van der Waals surface area contributed by atoms with Crippen molar-refractivity contribution in [3.05, 3.63) is 29.8 Å². The molecule has 0 aromatic heterocycles. The number of benzene rings is 1. The average Bonchev–Trinajstić information content (AvgIpc) is 2.21. The zero-order chi connectivity index (χ0) is 12.3. The summed E-state index contributed by atoms with van der Waals surface area (Å²) >= 11 is 6.10. The predicted octanol–water partition coefficient (Wildman–Crippen LogP) is 3.01. The van der Waals surface area contributed by atoms with Crippen LogP contribution in [0.25, 0.3) is 0 Å². The maximum absolute atomic E-state index is 11.8. The van der Waals surface area contributed by atoms with Gasteiger partial charge in [-0.3, -0.25) is 9.59 Å². The van der Waals surface area contributed by atoms with Crippen molar-refractivity contribution < 1.29 is 9.59 Å². The fourth-order valence-corrected chi connectivity index (χ4v) is 1.27. The van der Waals surface area contributed by atoms with Crippen molar-refractivity contribution in [1.82, 2.24) is 0 Å². The van der Waals surface area contributed by atoms with Gasteiger partial charge in [-0.2, -0.15) is 0 Å². The van der Waals surface area contributed by atoms with E-state index < -0.39 is 9.14 Å². The molecule has 5 heteroatoms. The Labute approximate surface area is 111 Å². The van der Waals surface area contributed by atoms with Crippen LogP contribution in [0, 0.1) is 6.92 Å². The van der Waals surface area contributed by atoms with Crippen molar-refractivity contribution >= 4 is 49.2 Å². The van der Waals surface area contributed by atoms with Gasteiger partial charge in [-0.15, -0.1) is 0 Å². The monoisotopic (exact) mass is 347 g/mol. The number of nitrogens with one attached hydrogen (secondary N) is 1. The molecule has 1 amide bonds. The van der Waals surface area contributed by atoms with Gasteiger partial charge >= 0.3 is 0 Å². The average molecular weight is 349 g/mol. The number of carbonyl (C=O) groups excluding carboxylic acids is 2. The van der Waals surface area contributed by atoms with Crippen molar-refractivity contribution in [2.45, 2.75) is 17.1 Å². The molecule has 1 aromatic rings. The van der Waals surface area contributed by atoms with E-state index in [1.165, 1.54) is 6.92 Å². The molecule has 0 saturated heterocycles. The SMILES string of the molecule is CC(=O)C(Br)(Br)C(=O)Nc1ccccc1C. The highest BCUT2D eigenvalue weighted by Gasteiger charge is 2.37. The van der Waals surface area contributed by atoms with E-state index in [1.54, 1.807) is 6.07 Å². The van der Waals surface area contributed by atoms with Crippen molar-refractivity contribution in [3.63, 3.8) is 0 Å². The Bertz CT molecular complexity index is 430. The quantitative estimate of drug-likeness (QED) is 0.674. The molecule has 0 unspecified atom stereocenters. The molecule has 3 nitrogen and oxygen atoms in total. The molecule has 0 fully saturated rings. The topological polar surface area (TPSA) is 46.2 Å². The number of halogens is 2. The summed E-state index contributed by atoms with van der Waals surface area (Å²) in [4.78, 5) is 23.0. The molecule has 0 heterocycles. The van der Waals surface area contributed by atoms with Gasteiger partial charge in [0.2, 0.25) is 3.23 Å². The molecule has 0 atom stereocenters. The molecule has 0 aliphatic rings. The lowest BCUT2D eigenvalue weighted by atomic mass is 10.2. The van der Waals surface area contributed by atoms with Gasteiger partial charge < -0.3 is 5.32 Å². The Hall–Kier alpha value is -0.680. The first-order valence-corrected chi connectivity index (χ1v) is 6.20. The van der Waals surface area contributed by atoms with Gasteiger partial charge in [-0.1, -0.05) is 50.1 Å². The first-order chi connectivity index (χ1) is 7.35. The van der Waals surface area contributed by atoms with Gasteiger partial charge in [0.25, 0.3) is 5.91 Å². The molecule has 0 saturated carbocycles. The molecule has 1 N–H and O–H groups in total. The zero-order valence-corrected chi connectivity index (χ0v) is 12.1. The fourth-order valence-electron chi connectivity index (χ4n) is 1.07. The van der Waals surface area contributed by atoms with E-state index in [-0.39, 0.29) is 5.78 Å². The minimum atomic E-state index is -1.36. The van der Waals surface area contributed by atoms with Crippen molar-refractivity contribution in [3.8, 4) is 0 Å². The minimum Gasteiger partial charge on any atom is -0.323 e. The lowest BCUT2D eigenvalue weighted by Crippen LogP contribution is -2.37. The van der Waals surface area contributed by atoms with Crippen LogP contribution in [0.2, 0.25) is 0 Å². The third kappa shape index (κ3) is 2.92. The molecule has 0 aliphatic heterocycles. The first-order valence-electron chi connectivity index (χ1n) is 4.61. The molecule has 0 bridgehead atoms. The van der Waals surface area contributed by atoms with E-state index in [9.17, 15) is 9.59 Å². The van der Waals surface area contributed by atoms with Crippen LogP contribution in [-0.4, -0.2) is 14.9 Å². The number of ketones is 1. The highest BCUT2D eigenvalue weighted by Crippen LogP contribution is 2.29. The predicted molar refractivity (Wildman–Crippen MR) is 71.1 cm³/mol. The van der Waals surface area contributed by atoms with Crippen LogP contribution in [-0.2, 0) is 9.59 Å². The highest BCUT2D eigenvalue weighted by atomic mass is 79.9. The molecule has 1 aromatic carbocycles. The maximum Gasteiger partial charge on any atom is 0.259 e. The molecular weight excluding hydrogens is 338 g/mol. The maximum atomic E-state index is 11.8. The van der Waals surface area contributed by atoms with Crippen molar-refractivity contribution in [1.29, 1.82) is 0 Å². The number of para-hydroxylation sites is 1. The molecule has 86 valence electrons. The number of rotatable bonds is 3. The molecular formula is C11H11Br2NO2. The molecule has 0 aliphatic carbocycles. The minimum absolute atomic E-state index is 0.307. The number of hydrogen-bond acceptors (Lipinski definition) is 2. The van der Waals surface area contributed by atoms with Gasteiger partial charge in [-0.05, 0) is 25.5 Å². The van der Waals surface area contributed by atoms with Gasteiger partial charge in [0.05, 0.1) is 0 Å². The summed E-state index contributed by atoms with van der Waals surface area (Å²) in [5.74, 6) is -0.743. The van der Waals surface area contributed by atoms with Gasteiger partial charge in [0.1, 0.15) is 0 Å². The second kappa shape index (κ2) is 5.10. The van der Waals surface area contributed by atoms with Gasteiger partial charge in [0, 0.05) is 5.69 Å². The van der Waals surface area contributed by atoms with Gasteiger partial charge in [-0.25, -0.2) is 0 Å². The Morgan fingerprint density at radius 2 is 1.81 bits per heavy atom. The van der Waals surface area contributed by atoms with E-state index in [1.807, 2.05) is 25.1 Å². The largest absolute Gasteiger partial charge is 0.323 e. The normalized spacial score (nSPS) is 11.0. The van der Waals surface area contributed by atoms with Crippen LogP contribution in [0.1, 0.15) is 12.5 Å². The second-order valence-corrected chi connectivity index (χ2v) is 6.84. The number of anilines is 1. The number of hydrogen-bond donors (Lipinski definition) is 1. The Kier molecular flexibility index (Phi) is 4.27. The van der Waals surface area contributed by atoms with E-state index in [2.05, 4.69) is 37.2 Å². The fraction of sp³-hybridized carbons (Fsp3) is 0.273. The Balaban J connectivity index is 2.88. The van der Waals surface area contributed by atoms with Crippen molar-refractivity contribution in [2.24, 2.45) is 0 Å². The Morgan fingerprint density at radius 1 is 1.25 bits per heavy atom. The van der Waals surface area contributed by atoms with Gasteiger partial charge in [0.15, 0.2) is 5.78 Å². The summed E-state index contributed by atoms with van der Waals surface area (Å²) in [6.07, 6.45) is 0. The third-order valence-electron chi connectivity index (χ3n) is 2.12. The van der Waals surface area contributed by atoms with E-state index in [0.717, 1.165) is 5.56 Å². The summed E-state index contributed by atoms with van der Waals surface area (Å²) < 4.78 is -1.36. The van der Waals surface area contributed by atoms with Crippen LogP contribution in [0.3, 0.4) is 0 Å². The van der Waals surface area contributed by atoms with Crippen LogP contribution < -0.4 is 5.32 Å². The van der Waals surface area contributed by atoms with Crippen LogP contribution in [0.4, 0.5) is 5.69 Å². The zero-order valence-electron chi connectivity index (χ0n) is 8.88.